The number of nitrogens with one attached hydrogen (secondary N) is 2. The highest BCUT2D eigenvalue weighted by Gasteiger charge is 2.56. The molecule has 1 fully saturated rings. The van der Waals surface area contributed by atoms with Crippen LogP contribution in [-0.2, 0) is 9.59 Å². The van der Waals surface area contributed by atoms with Crippen LogP contribution in [0.5, 0.6) is 5.75 Å². The van der Waals surface area contributed by atoms with Crippen molar-refractivity contribution in [2.75, 3.05) is 17.7 Å². The lowest BCUT2D eigenvalue weighted by atomic mass is 10.0. The second-order valence-corrected chi connectivity index (χ2v) is 6.78. The second-order valence-electron chi connectivity index (χ2n) is 5.97. The van der Waals surface area contributed by atoms with Gasteiger partial charge in [-0.05, 0) is 49.2 Å². The van der Waals surface area contributed by atoms with Crippen molar-refractivity contribution in [1.29, 1.82) is 0 Å². The van der Waals surface area contributed by atoms with E-state index in [0.29, 0.717) is 35.0 Å². The van der Waals surface area contributed by atoms with E-state index in [-0.39, 0.29) is 5.02 Å². The number of carbonyl (C=O) groups excluding carboxylic acids is 2. The fourth-order valence-corrected chi connectivity index (χ4v) is 2.94. The molecule has 26 heavy (non-hydrogen) atoms. The zero-order chi connectivity index (χ0) is 18.9. The lowest BCUT2D eigenvalue weighted by Gasteiger charge is -2.16. The molecule has 136 valence electrons. The Hall–Kier alpha value is -2.31. The Morgan fingerprint density at radius 1 is 1.00 bits per heavy atom. The number of ether oxygens (including phenoxy) is 1. The third-order valence-electron chi connectivity index (χ3n) is 4.21. The topological polar surface area (TPSA) is 67.4 Å². The van der Waals surface area contributed by atoms with Gasteiger partial charge in [-0.25, -0.2) is 4.39 Å². The molecule has 0 atom stereocenters. The van der Waals surface area contributed by atoms with Gasteiger partial charge in [0.15, 0.2) is 0 Å². The van der Waals surface area contributed by atoms with Gasteiger partial charge in [0.25, 0.3) is 0 Å². The maximum atomic E-state index is 13.2. The number of benzene rings is 2. The predicted molar refractivity (Wildman–Crippen MR) is 98.3 cm³/mol. The standard InChI is InChI=1S/C18H15Cl2FN2O3/c1-26-15-5-3-11(9-13(15)20)23-17(25)18(6-7-18)16(24)22-10-2-4-14(21)12(19)8-10/h2-5,8-9H,6-7H2,1H3,(H,22,24)(H,23,25). The van der Waals surface area contributed by atoms with Crippen molar-refractivity contribution in [1.82, 2.24) is 0 Å². The molecule has 0 aliphatic heterocycles. The van der Waals surface area contributed by atoms with E-state index in [4.69, 9.17) is 27.9 Å². The molecule has 1 saturated carbocycles. The highest BCUT2D eigenvalue weighted by Crippen LogP contribution is 2.47. The zero-order valence-electron chi connectivity index (χ0n) is 13.7. The van der Waals surface area contributed by atoms with Crippen molar-refractivity contribution in [2.24, 2.45) is 5.41 Å². The molecule has 0 radical (unpaired) electrons. The molecule has 1 aliphatic rings. The van der Waals surface area contributed by atoms with Gasteiger partial charge in [0.2, 0.25) is 11.8 Å². The Bertz CT molecular complexity index is 885. The molecule has 3 rings (SSSR count). The van der Waals surface area contributed by atoms with Gasteiger partial charge in [-0.15, -0.1) is 0 Å². The van der Waals surface area contributed by atoms with E-state index >= 15 is 0 Å². The molecule has 0 aromatic heterocycles. The molecule has 2 amide bonds. The van der Waals surface area contributed by atoms with E-state index in [1.165, 1.54) is 19.2 Å². The van der Waals surface area contributed by atoms with Crippen molar-refractivity contribution in [3.05, 3.63) is 52.3 Å². The van der Waals surface area contributed by atoms with Crippen LogP contribution in [0.25, 0.3) is 0 Å². The van der Waals surface area contributed by atoms with Crippen molar-refractivity contribution in [3.63, 3.8) is 0 Å². The fraction of sp³-hybridized carbons (Fsp3) is 0.222. The highest BCUT2D eigenvalue weighted by molar-refractivity contribution is 6.32. The number of hydrogen-bond donors (Lipinski definition) is 2. The van der Waals surface area contributed by atoms with Crippen LogP contribution in [-0.4, -0.2) is 18.9 Å². The smallest absolute Gasteiger partial charge is 0.240 e. The molecule has 1 aliphatic carbocycles. The van der Waals surface area contributed by atoms with E-state index in [1.54, 1.807) is 18.2 Å². The fourth-order valence-electron chi connectivity index (χ4n) is 2.50. The number of rotatable bonds is 5. The van der Waals surface area contributed by atoms with Crippen LogP contribution in [0, 0.1) is 11.2 Å². The summed E-state index contributed by atoms with van der Waals surface area (Å²) in [6.07, 6.45) is 0.840. The van der Waals surface area contributed by atoms with Crippen LogP contribution in [0.1, 0.15) is 12.8 Å². The van der Waals surface area contributed by atoms with E-state index in [2.05, 4.69) is 10.6 Å². The molecular formula is C18H15Cl2FN2O3. The molecule has 8 heteroatoms. The van der Waals surface area contributed by atoms with Gasteiger partial charge < -0.3 is 15.4 Å². The highest BCUT2D eigenvalue weighted by atomic mass is 35.5. The maximum Gasteiger partial charge on any atom is 0.240 e. The summed E-state index contributed by atoms with van der Waals surface area (Å²) in [6, 6.07) is 8.64. The lowest BCUT2D eigenvalue weighted by molar-refractivity contribution is -0.131. The van der Waals surface area contributed by atoms with E-state index in [1.807, 2.05) is 0 Å². The summed E-state index contributed by atoms with van der Waals surface area (Å²) in [7, 11) is 1.49. The molecule has 0 bridgehead atoms. The monoisotopic (exact) mass is 396 g/mol. The number of amides is 2. The zero-order valence-corrected chi connectivity index (χ0v) is 15.2. The minimum absolute atomic E-state index is 0.107. The van der Waals surface area contributed by atoms with Crippen molar-refractivity contribution in [2.45, 2.75) is 12.8 Å². The SMILES string of the molecule is COc1ccc(NC(=O)C2(C(=O)Nc3ccc(F)c(Cl)c3)CC2)cc1Cl. The summed E-state index contributed by atoms with van der Waals surface area (Å²) in [4.78, 5) is 25.1. The van der Waals surface area contributed by atoms with Crippen LogP contribution >= 0.6 is 23.2 Å². The Morgan fingerprint density at radius 3 is 2.00 bits per heavy atom. The summed E-state index contributed by atoms with van der Waals surface area (Å²) in [5, 5.41) is 5.55. The summed E-state index contributed by atoms with van der Waals surface area (Å²) in [5.74, 6) is -0.988. The van der Waals surface area contributed by atoms with Gasteiger partial charge in [-0.2, -0.15) is 0 Å². The first-order valence-electron chi connectivity index (χ1n) is 7.77. The minimum atomic E-state index is -1.16. The molecule has 2 aromatic carbocycles. The molecule has 0 saturated heterocycles. The average Bonchev–Trinajstić information content (AvgIpc) is 3.40. The quantitative estimate of drug-likeness (QED) is 0.731. The lowest BCUT2D eigenvalue weighted by Crippen LogP contribution is -2.35. The first-order valence-corrected chi connectivity index (χ1v) is 8.53. The van der Waals surface area contributed by atoms with Crippen molar-refractivity contribution >= 4 is 46.4 Å². The van der Waals surface area contributed by atoms with E-state index < -0.39 is 23.0 Å². The van der Waals surface area contributed by atoms with Crippen LogP contribution < -0.4 is 15.4 Å². The number of anilines is 2. The average molecular weight is 397 g/mol. The van der Waals surface area contributed by atoms with Crippen LogP contribution in [0.4, 0.5) is 15.8 Å². The maximum absolute atomic E-state index is 13.2. The van der Waals surface area contributed by atoms with Gasteiger partial charge in [0, 0.05) is 11.4 Å². The van der Waals surface area contributed by atoms with Crippen LogP contribution in [0.2, 0.25) is 10.0 Å². The van der Waals surface area contributed by atoms with Crippen LogP contribution in [0.3, 0.4) is 0 Å². The first kappa shape index (κ1) is 18.5. The Kier molecular flexibility index (Phi) is 5.07. The number of carbonyl (C=O) groups is 2. The summed E-state index contributed by atoms with van der Waals surface area (Å²) in [5.41, 5.74) is -0.370. The molecule has 5 nitrogen and oxygen atoms in total. The molecule has 2 aromatic rings. The van der Waals surface area contributed by atoms with Gasteiger partial charge in [-0.1, -0.05) is 23.2 Å². The van der Waals surface area contributed by atoms with Gasteiger partial charge in [0.05, 0.1) is 17.2 Å². The second kappa shape index (κ2) is 7.13. The predicted octanol–water partition coefficient (Wildman–Crippen LogP) is 4.50. The van der Waals surface area contributed by atoms with Crippen molar-refractivity contribution < 1.29 is 18.7 Å². The molecule has 2 N–H and O–H groups in total. The largest absolute Gasteiger partial charge is 0.495 e. The Balaban J connectivity index is 1.71. The Morgan fingerprint density at radius 2 is 1.54 bits per heavy atom. The number of methoxy groups -OCH3 is 1. The first-order chi connectivity index (χ1) is 12.4. The molecular weight excluding hydrogens is 382 g/mol. The van der Waals surface area contributed by atoms with E-state index in [9.17, 15) is 14.0 Å². The van der Waals surface area contributed by atoms with Gasteiger partial charge in [-0.3, -0.25) is 9.59 Å². The summed E-state index contributed by atoms with van der Waals surface area (Å²) in [6.45, 7) is 0. The van der Waals surface area contributed by atoms with E-state index in [0.717, 1.165) is 6.07 Å². The van der Waals surface area contributed by atoms with Crippen molar-refractivity contribution in [3.8, 4) is 5.75 Å². The van der Waals surface area contributed by atoms with Crippen LogP contribution in [0.15, 0.2) is 36.4 Å². The van der Waals surface area contributed by atoms with Gasteiger partial charge in [0.1, 0.15) is 17.0 Å². The van der Waals surface area contributed by atoms with Gasteiger partial charge >= 0.3 is 0 Å². The minimum Gasteiger partial charge on any atom is -0.495 e. The number of hydrogen-bond acceptors (Lipinski definition) is 3. The third-order valence-corrected chi connectivity index (χ3v) is 4.79. The third kappa shape index (κ3) is 3.61. The normalized spacial score (nSPS) is 14.5. The summed E-state index contributed by atoms with van der Waals surface area (Å²) >= 11 is 11.7. The molecule has 0 heterocycles. The Labute approximate surface area is 159 Å². The number of halogens is 3. The molecule has 0 spiro atoms. The molecule has 0 unspecified atom stereocenters. The summed E-state index contributed by atoms with van der Waals surface area (Å²) < 4.78 is 18.3.